The fourth-order valence-electron chi connectivity index (χ4n) is 9.04. The van der Waals surface area contributed by atoms with Gasteiger partial charge in [-0.1, -0.05) is 83.9 Å². The molecule has 58 heavy (non-hydrogen) atoms. The van der Waals surface area contributed by atoms with Crippen molar-refractivity contribution in [3.63, 3.8) is 0 Å². The molecule has 2 aliphatic heterocycles. The minimum absolute atomic E-state index is 0.0257. The topological polar surface area (TPSA) is 97.8 Å². The highest BCUT2D eigenvalue weighted by molar-refractivity contribution is 6.01. The Morgan fingerprint density at radius 2 is 0.690 bits per heavy atom. The second kappa shape index (κ2) is 14.7. The Balaban J connectivity index is 1.49. The SMILES string of the molecule is Cc1cc(C)c(-c2c3nc(c(-c4ccc(CO)cc4)c4ccc([nH]4)c(-c4c(C)cc(C)cc4C)c4ccc([nH]4)c(-c4ccc(CO)cc4)c4nc2C=C4)C=C3)c(C)c1. The predicted octanol–water partition coefficient (Wildman–Crippen LogP) is 12.2. The van der Waals surface area contributed by atoms with Crippen LogP contribution >= 0.6 is 0 Å². The summed E-state index contributed by atoms with van der Waals surface area (Å²) in [6, 6.07) is 33.8. The number of aryl methyl sites for hydroxylation is 6. The van der Waals surface area contributed by atoms with Gasteiger partial charge in [0.05, 0.1) is 36.0 Å². The predicted molar refractivity (Wildman–Crippen MR) is 241 cm³/mol. The van der Waals surface area contributed by atoms with Crippen LogP contribution < -0.4 is 0 Å². The summed E-state index contributed by atoms with van der Waals surface area (Å²) in [5.41, 5.74) is 24.3. The van der Waals surface area contributed by atoms with Crippen molar-refractivity contribution in [2.24, 2.45) is 0 Å². The standard InChI is InChI=1S/C52H46N4O2/c1-29-23-31(3)47(32(4)24-29)51-43-19-15-39(53-43)49(37-11-7-35(27-57)8-12-37)41-17-21-45(55-41)52(48-33(5)25-30(2)26-34(48)6)46-22-18-42(56-46)50(40-16-20-44(51)54-40)38-13-9-36(28-58)10-14-38/h7-26,53-54,57-58H,27-28H2,1-6H3. The van der Waals surface area contributed by atoms with E-state index in [-0.39, 0.29) is 13.2 Å². The molecule has 0 spiro atoms. The molecule has 6 heteroatoms. The highest BCUT2D eigenvalue weighted by Gasteiger charge is 2.22. The molecule has 8 bridgehead atoms. The molecule has 286 valence electrons. The zero-order valence-corrected chi connectivity index (χ0v) is 33.8. The summed E-state index contributed by atoms with van der Waals surface area (Å²) in [6.45, 7) is 12.9. The molecule has 9 rings (SSSR count). The van der Waals surface area contributed by atoms with E-state index in [1.807, 2.05) is 24.3 Å². The number of aromatic amines is 2. The van der Waals surface area contributed by atoms with Gasteiger partial charge in [-0.15, -0.1) is 0 Å². The van der Waals surface area contributed by atoms with Crippen molar-refractivity contribution in [1.29, 1.82) is 0 Å². The molecular weight excluding hydrogens is 713 g/mol. The van der Waals surface area contributed by atoms with Gasteiger partial charge in [-0.25, -0.2) is 9.97 Å². The van der Waals surface area contributed by atoms with Crippen molar-refractivity contribution in [3.05, 3.63) is 164 Å². The van der Waals surface area contributed by atoms with Gasteiger partial charge in [0.1, 0.15) is 0 Å². The van der Waals surface area contributed by atoms with E-state index in [1.165, 1.54) is 27.8 Å². The summed E-state index contributed by atoms with van der Waals surface area (Å²) in [5.74, 6) is 0. The van der Waals surface area contributed by atoms with Crippen molar-refractivity contribution in [3.8, 4) is 44.5 Å². The molecule has 5 heterocycles. The van der Waals surface area contributed by atoms with Crippen LogP contribution in [0.5, 0.6) is 0 Å². The Kier molecular flexibility index (Phi) is 9.39. The smallest absolute Gasteiger partial charge is 0.0738 e. The second-order valence-electron chi connectivity index (χ2n) is 15.8. The number of fused-ring (bicyclic) bond motifs is 8. The molecule has 0 aliphatic carbocycles. The summed E-state index contributed by atoms with van der Waals surface area (Å²) >= 11 is 0. The number of hydrogen-bond acceptors (Lipinski definition) is 4. The van der Waals surface area contributed by atoms with Gasteiger partial charge in [0.15, 0.2) is 0 Å². The summed E-state index contributed by atoms with van der Waals surface area (Å²) in [7, 11) is 0. The number of benzene rings is 4. The van der Waals surface area contributed by atoms with E-state index < -0.39 is 0 Å². The molecule has 3 aromatic heterocycles. The number of H-pyrrole nitrogens is 2. The van der Waals surface area contributed by atoms with E-state index in [1.54, 1.807) is 0 Å². The van der Waals surface area contributed by atoms with Gasteiger partial charge in [0.2, 0.25) is 0 Å². The molecule has 0 atom stereocenters. The maximum absolute atomic E-state index is 9.93. The number of aliphatic hydroxyl groups excluding tert-OH is 2. The summed E-state index contributed by atoms with van der Waals surface area (Å²) in [4.78, 5) is 18.7. The highest BCUT2D eigenvalue weighted by Crippen LogP contribution is 2.41. The lowest BCUT2D eigenvalue weighted by Crippen LogP contribution is -1.96. The van der Waals surface area contributed by atoms with Crippen LogP contribution in [-0.4, -0.2) is 30.1 Å². The molecule has 4 N–H and O–H groups in total. The average molecular weight is 759 g/mol. The van der Waals surface area contributed by atoms with Gasteiger partial charge >= 0.3 is 0 Å². The number of hydrogen-bond donors (Lipinski definition) is 4. The normalized spacial score (nSPS) is 12.1. The lowest BCUT2D eigenvalue weighted by molar-refractivity contribution is 0.281. The molecule has 0 radical (unpaired) electrons. The summed E-state index contributed by atoms with van der Waals surface area (Å²) in [6.07, 6.45) is 8.46. The lowest BCUT2D eigenvalue weighted by atomic mass is 9.92. The maximum atomic E-state index is 9.93. The molecule has 0 unspecified atom stereocenters. The first-order valence-corrected chi connectivity index (χ1v) is 19.8. The van der Waals surface area contributed by atoms with Crippen molar-refractivity contribution < 1.29 is 10.2 Å². The first-order chi connectivity index (χ1) is 28.1. The fourth-order valence-corrected chi connectivity index (χ4v) is 9.04. The van der Waals surface area contributed by atoms with Crippen LogP contribution in [0.15, 0.2) is 97.1 Å². The summed E-state index contributed by atoms with van der Waals surface area (Å²) < 4.78 is 0. The fraction of sp³-hybridized carbons (Fsp3) is 0.154. The van der Waals surface area contributed by atoms with Gasteiger partial charge in [0.25, 0.3) is 0 Å². The number of aliphatic hydroxyl groups is 2. The molecule has 0 saturated heterocycles. The van der Waals surface area contributed by atoms with E-state index in [9.17, 15) is 10.2 Å². The van der Waals surface area contributed by atoms with Crippen LogP contribution in [0.1, 0.15) is 67.3 Å². The number of nitrogens with zero attached hydrogens (tertiary/aromatic N) is 2. The van der Waals surface area contributed by atoms with Crippen molar-refractivity contribution in [2.45, 2.75) is 54.8 Å². The second-order valence-corrected chi connectivity index (χ2v) is 15.8. The van der Waals surface area contributed by atoms with Gasteiger partial charge in [-0.2, -0.15) is 0 Å². The first-order valence-electron chi connectivity index (χ1n) is 19.8. The van der Waals surface area contributed by atoms with Crippen LogP contribution in [0.25, 0.3) is 90.9 Å². The van der Waals surface area contributed by atoms with Crippen LogP contribution in [-0.2, 0) is 13.2 Å². The van der Waals surface area contributed by atoms with Crippen LogP contribution in [0.4, 0.5) is 0 Å². The lowest BCUT2D eigenvalue weighted by Gasteiger charge is -2.14. The molecule has 7 aromatic rings. The van der Waals surface area contributed by atoms with Gasteiger partial charge in [-0.05, 0) is 146 Å². The molecule has 2 aliphatic rings. The minimum Gasteiger partial charge on any atom is -0.392 e. The molecule has 0 fully saturated rings. The van der Waals surface area contributed by atoms with E-state index in [4.69, 9.17) is 9.97 Å². The Hall–Kier alpha value is -6.60. The van der Waals surface area contributed by atoms with Crippen LogP contribution in [0.2, 0.25) is 0 Å². The molecule has 0 saturated carbocycles. The Morgan fingerprint density at radius 1 is 0.379 bits per heavy atom. The quantitative estimate of drug-likeness (QED) is 0.136. The van der Waals surface area contributed by atoms with E-state index in [2.05, 4.69) is 149 Å². The molecule has 6 nitrogen and oxygen atoms in total. The van der Waals surface area contributed by atoms with Crippen LogP contribution in [0.3, 0.4) is 0 Å². The molecular formula is C52H46N4O2. The highest BCUT2D eigenvalue weighted by atomic mass is 16.3. The third kappa shape index (κ3) is 6.50. The first kappa shape index (κ1) is 37.0. The summed E-state index contributed by atoms with van der Waals surface area (Å²) in [5, 5.41) is 19.9. The Bertz CT molecular complexity index is 2820. The van der Waals surface area contributed by atoms with Crippen molar-refractivity contribution >= 4 is 46.4 Å². The average Bonchev–Trinajstić information content (AvgIpc) is 4.05. The van der Waals surface area contributed by atoms with E-state index >= 15 is 0 Å². The zero-order valence-electron chi connectivity index (χ0n) is 33.8. The Morgan fingerprint density at radius 3 is 1.03 bits per heavy atom. The van der Waals surface area contributed by atoms with Crippen molar-refractivity contribution in [2.75, 3.05) is 0 Å². The van der Waals surface area contributed by atoms with E-state index in [0.29, 0.717) is 0 Å². The number of nitrogens with one attached hydrogen (secondary N) is 2. The largest absolute Gasteiger partial charge is 0.392 e. The maximum Gasteiger partial charge on any atom is 0.0738 e. The third-order valence-electron chi connectivity index (χ3n) is 11.5. The van der Waals surface area contributed by atoms with Crippen LogP contribution in [0, 0.1) is 41.5 Å². The Labute approximate surface area is 339 Å². The minimum atomic E-state index is -0.0257. The van der Waals surface area contributed by atoms with E-state index in [0.717, 1.165) is 106 Å². The number of rotatable bonds is 6. The van der Waals surface area contributed by atoms with Crippen molar-refractivity contribution in [1.82, 2.24) is 19.9 Å². The zero-order chi connectivity index (χ0) is 40.2. The van der Waals surface area contributed by atoms with Gasteiger partial charge in [0, 0.05) is 44.3 Å². The van der Waals surface area contributed by atoms with Gasteiger partial charge < -0.3 is 20.2 Å². The molecule has 4 aromatic carbocycles. The monoisotopic (exact) mass is 758 g/mol. The number of aromatic nitrogens is 4. The third-order valence-corrected chi connectivity index (χ3v) is 11.5. The molecule has 0 amide bonds. The van der Waals surface area contributed by atoms with Gasteiger partial charge in [-0.3, -0.25) is 0 Å².